The zero-order chi connectivity index (χ0) is 20.5. The monoisotopic (exact) mass is 391 g/mol. The van der Waals surface area contributed by atoms with Crippen molar-refractivity contribution < 1.29 is 19.1 Å². The Hall–Kier alpha value is -3.94. The van der Waals surface area contributed by atoms with Gasteiger partial charge in [0.05, 0.1) is 11.4 Å². The number of carbonyl (C=O) groups is 1. The first-order valence-corrected chi connectivity index (χ1v) is 8.86. The second-order valence-corrected chi connectivity index (χ2v) is 6.51. The summed E-state index contributed by atoms with van der Waals surface area (Å²) in [7, 11) is 0. The Morgan fingerprint density at radius 3 is 2.66 bits per heavy atom. The number of ether oxygens (including phenoxy) is 1. The summed E-state index contributed by atoms with van der Waals surface area (Å²) >= 11 is 0. The van der Waals surface area contributed by atoms with Gasteiger partial charge in [0, 0.05) is 22.6 Å². The second kappa shape index (κ2) is 7.23. The third kappa shape index (κ3) is 3.47. The van der Waals surface area contributed by atoms with Gasteiger partial charge in [0.15, 0.2) is 5.69 Å². The van der Waals surface area contributed by atoms with Crippen LogP contribution < -0.4 is 5.63 Å². The van der Waals surface area contributed by atoms with Crippen molar-refractivity contribution in [2.45, 2.75) is 20.5 Å². The fourth-order valence-corrected chi connectivity index (χ4v) is 2.99. The predicted molar refractivity (Wildman–Crippen MR) is 104 cm³/mol. The van der Waals surface area contributed by atoms with Crippen LogP contribution >= 0.6 is 0 Å². The van der Waals surface area contributed by atoms with Crippen molar-refractivity contribution in [3.05, 3.63) is 81.5 Å². The molecule has 1 N–H and O–H groups in total. The molecule has 0 saturated heterocycles. The highest BCUT2D eigenvalue weighted by atomic mass is 16.5. The van der Waals surface area contributed by atoms with Crippen molar-refractivity contribution in [3.8, 4) is 11.4 Å². The number of benzene rings is 2. The average molecular weight is 391 g/mol. The summed E-state index contributed by atoms with van der Waals surface area (Å²) in [6.07, 6.45) is 0. The number of phenolic OH excluding ortho intramolecular Hbond substituents is 1. The molecule has 0 amide bonds. The van der Waals surface area contributed by atoms with E-state index in [1.807, 2.05) is 30.3 Å². The minimum Gasteiger partial charge on any atom is -0.508 e. The van der Waals surface area contributed by atoms with Gasteiger partial charge in [0.25, 0.3) is 0 Å². The van der Waals surface area contributed by atoms with Crippen LogP contribution in [0.15, 0.2) is 57.7 Å². The van der Waals surface area contributed by atoms with Gasteiger partial charge < -0.3 is 14.3 Å². The van der Waals surface area contributed by atoms with Gasteiger partial charge in [-0.3, -0.25) is 0 Å². The van der Waals surface area contributed by atoms with Crippen LogP contribution in [-0.4, -0.2) is 26.1 Å². The number of phenols is 1. The molecule has 29 heavy (non-hydrogen) atoms. The summed E-state index contributed by atoms with van der Waals surface area (Å²) in [5.41, 5.74) is 1.82. The maximum absolute atomic E-state index is 12.5. The molecule has 0 unspecified atom stereocenters. The summed E-state index contributed by atoms with van der Waals surface area (Å²) in [6, 6.07) is 13.6. The van der Waals surface area contributed by atoms with Gasteiger partial charge in [-0.05, 0) is 38.1 Å². The number of nitrogens with zero attached hydrogens (tertiary/aromatic N) is 3. The average Bonchev–Trinajstić information content (AvgIpc) is 3.11. The first-order chi connectivity index (χ1) is 13.9. The molecule has 0 spiro atoms. The van der Waals surface area contributed by atoms with Gasteiger partial charge in [0.2, 0.25) is 0 Å². The third-order valence-corrected chi connectivity index (χ3v) is 4.54. The van der Waals surface area contributed by atoms with Crippen molar-refractivity contribution >= 4 is 16.9 Å². The van der Waals surface area contributed by atoms with Crippen LogP contribution in [0.4, 0.5) is 0 Å². The number of aryl methyl sites for hydroxylation is 2. The Balaban J connectivity index is 1.60. The van der Waals surface area contributed by atoms with Gasteiger partial charge in [-0.15, -0.1) is 5.10 Å². The van der Waals surface area contributed by atoms with Gasteiger partial charge in [0.1, 0.15) is 17.9 Å². The molecule has 4 aromatic rings. The lowest BCUT2D eigenvalue weighted by Crippen LogP contribution is -2.10. The van der Waals surface area contributed by atoms with E-state index in [1.54, 1.807) is 19.9 Å². The SMILES string of the molecule is Cc1nn(-c2ccccc2)nc1C(=O)OCc1cc(=O)oc2c(C)c(O)ccc12. The van der Waals surface area contributed by atoms with Gasteiger partial charge in [-0.1, -0.05) is 18.2 Å². The number of esters is 1. The molecule has 0 aliphatic carbocycles. The molecule has 2 aromatic carbocycles. The number of aromatic nitrogens is 3. The Bertz CT molecular complexity index is 1270. The van der Waals surface area contributed by atoms with Crippen LogP contribution in [0.25, 0.3) is 16.7 Å². The Kier molecular flexibility index (Phi) is 4.59. The number of aromatic hydroxyl groups is 1. The Labute approximate surface area is 165 Å². The second-order valence-electron chi connectivity index (χ2n) is 6.51. The molecule has 8 nitrogen and oxygen atoms in total. The van der Waals surface area contributed by atoms with Crippen molar-refractivity contribution in [2.75, 3.05) is 0 Å². The van der Waals surface area contributed by atoms with E-state index < -0.39 is 11.6 Å². The first-order valence-electron chi connectivity index (χ1n) is 8.86. The highest BCUT2D eigenvalue weighted by Crippen LogP contribution is 2.27. The molecule has 0 radical (unpaired) electrons. The van der Waals surface area contributed by atoms with Crippen LogP contribution in [0.5, 0.6) is 5.75 Å². The molecular formula is C21H17N3O5. The largest absolute Gasteiger partial charge is 0.508 e. The molecule has 2 heterocycles. The van der Waals surface area contributed by atoms with Crippen LogP contribution in [-0.2, 0) is 11.3 Å². The highest BCUT2D eigenvalue weighted by molar-refractivity contribution is 5.89. The quantitative estimate of drug-likeness (QED) is 0.421. The number of hydrogen-bond acceptors (Lipinski definition) is 7. The lowest BCUT2D eigenvalue weighted by molar-refractivity contribution is 0.0465. The van der Waals surface area contributed by atoms with E-state index in [0.717, 1.165) is 5.69 Å². The minimum absolute atomic E-state index is 0.0166. The molecular weight excluding hydrogens is 374 g/mol. The third-order valence-electron chi connectivity index (χ3n) is 4.54. The summed E-state index contributed by atoms with van der Waals surface area (Å²) in [6.45, 7) is 3.16. The van der Waals surface area contributed by atoms with E-state index >= 15 is 0 Å². The van der Waals surface area contributed by atoms with E-state index in [2.05, 4.69) is 10.2 Å². The minimum atomic E-state index is -0.651. The maximum atomic E-state index is 12.5. The maximum Gasteiger partial charge on any atom is 0.361 e. The topological polar surface area (TPSA) is 107 Å². The number of carbonyl (C=O) groups excluding carboxylic acids is 1. The van der Waals surface area contributed by atoms with Crippen molar-refractivity contribution in [1.82, 2.24) is 15.0 Å². The number of hydrogen-bond donors (Lipinski definition) is 1. The van der Waals surface area contributed by atoms with E-state index in [4.69, 9.17) is 9.15 Å². The molecule has 0 fully saturated rings. The predicted octanol–water partition coefficient (Wildman–Crippen LogP) is 3.05. The van der Waals surface area contributed by atoms with E-state index in [9.17, 15) is 14.7 Å². The number of rotatable bonds is 4. The zero-order valence-electron chi connectivity index (χ0n) is 15.7. The smallest absolute Gasteiger partial charge is 0.361 e. The number of fused-ring (bicyclic) bond motifs is 1. The van der Waals surface area contributed by atoms with Gasteiger partial charge in [-0.25, -0.2) is 9.59 Å². The van der Waals surface area contributed by atoms with E-state index in [1.165, 1.54) is 16.9 Å². The molecule has 0 bridgehead atoms. The Morgan fingerprint density at radius 1 is 1.14 bits per heavy atom. The summed E-state index contributed by atoms with van der Waals surface area (Å²) < 4.78 is 10.6. The fourth-order valence-electron chi connectivity index (χ4n) is 2.99. The normalized spacial score (nSPS) is 11.0. The molecule has 0 saturated carbocycles. The molecule has 8 heteroatoms. The standard InChI is InChI=1S/C21H17N3O5/c1-12-17(25)9-8-16-14(10-18(26)29-20(12)16)11-28-21(27)19-13(2)22-24(23-19)15-6-4-3-5-7-15/h3-10,25H,11H2,1-2H3. The Morgan fingerprint density at radius 2 is 1.90 bits per heavy atom. The summed E-state index contributed by atoms with van der Waals surface area (Å²) in [4.78, 5) is 25.8. The molecule has 4 rings (SSSR count). The van der Waals surface area contributed by atoms with E-state index in [-0.39, 0.29) is 23.6 Å². The molecule has 146 valence electrons. The van der Waals surface area contributed by atoms with Crippen molar-refractivity contribution in [2.24, 2.45) is 0 Å². The summed E-state index contributed by atoms with van der Waals surface area (Å²) in [5.74, 6) is -0.635. The van der Waals surface area contributed by atoms with Crippen LogP contribution in [0.2, 0.25) is 0 Å². The zero-order valence-corrected chi connectivity index (χ0v) is 15.7. The van der Waals surface area contributed by atoms with E-state index in [0.29, 0.717) is 22.2 Å². The van der Waals surface area contributed by atoms with Crippen molar-refractivity contribution in [3.63, 3.8) is 0 Å². The number of para-hydroxylation sites is 1. The van der Waals surface area contributed by atoms with Crippen molar-refractivity contribution in [1.29, 1.82) is 0 Å². The first kappa shape index (κ1) is 18.4. The molecule has 2 aromatic heterocycles. The lowest BCUT2D eigenvalue weighted by Gasteiger charge is -2.08. The van der Waals surface area contributed by atoms with Crippen LogP contribution in [0, 0.1) is 13.8 Å². The molecule has 0 aliphatic heterocycles. The summed E-state index contributed by atoms with van der Waals surface area (Å²) in [5, 5.41) is 18.9. The van der Waals surface area contributed by atoms with Gasteiger partial charge in [-0.2, -0.15) is 9.90 Å². The van der Waals surface area contributed by atoms with Gasteiger partial charge >= 0.3 is 11.6 Å². The highest BCUT2D eigenvalue weighted by Gasteiger charge is 2.19. The molecule has 0 aliphatic rings. The van der Waals surface area contributed by atoms with Crippen LogP contribution in [0.1, 0.15) is 27.3 Å². The molecule has 0 atom stereocenters. The fraction of sp³-hybridized carbons (Fsp3) is 0.143. The van der Waals surface area contributed by atoms with Crippen LogP contribution in [0.3, 0.4) is 0 Å². The lowest BCUT2D eigenvalue weighted by atomic mass is 10.1.